The maximum Gasteiger partial charge on any atom is 0.338 e. The van der Waals surface area contributed by atoms with Crippen LogP contribution in [0.15, 0.2) is 48.5 Å². The van der Waals surface area contributed by atoms with Crippen molar-refractivity contribution in [2.75, 3.05) is 12.3 Å². The summed E-state index contributed by atoms with van der Waals surface area (Å²) in [5, 5.41) is 0. The summed E-state index contributed by atoms with van der Waals surface area (Å²) in [5.74, 6) is -0.315. The van der Waals surface area contributed by atoms with Gasteiger partial charge in [-0.25, -0.2) is 4.79 Å². The second-order valence-corrected chi connectivity index (χ2v) is 4.80. The van der Waals surface area contributed by atoms with Crippen molar-refractivity contribution in [3.63, 3.8) is 0 Å². The van der Waals surface area contributed by atoms with Crippen molar-refractivity contribution in [1.82, 2.24) is 0 Å². The Bertz CT molecular complexity index is 579. The zero-order valence-corrected chi connectivity index (χ0v) is 11.6. The van der Waals surface area contributed by atoms with E-state index in [1.807, 2.05) is 31.2 Å². The number of anilines is 1. The number of hydrogen-bond donors (Lipinski definition) is 1. The van der Waals surface area contributed by atoms with E-state index in [9.17, 15) is 4.79 Å². The molecule has 0 aromatic heterocycles. The van der Waals surface area contributed by atoms with Gasteiger partial charge in [-0.15, -0.1) is 0 Å². The molecule has 0 radical (unpaired) electrons. The minimum absolute atomic E-state index is 0.315. The Balaban J connectivity index is 1.79. The Morgan fingerprint density at radius 2 is 1.90 bits per heavy atom. The van der Waals surface area contributed by atoms with Gasteiger partial charge in [0.25, 0.3) is 0 Å². The average molecular weight is 269 g/mol. The van der Waals surface area contributed by atoms with Crippen LogP contribution >= 0.6 is 0 Å². The standard InChI is InChI=1S/C17H19NO2/c1-13-9-10-15(12-16(13)18)17(19)20-11-5-8-14-6-3-2-4-7-14/h2-4,6-7,9-10,12H,5,8,11,18H2,1H3. The molecule has 2 N–H and O–H groups in total. The van der Waals surface area contributed by atoms with Crippen LogP contribution in [0, 0.1) is 6.92 Å². The molecule has 2 rings (SSSR count). The Hall–Kier alpha value is -2.29. The van der Waals surface area contributed by atoms with Crippen LogP contribution < -0.4 is 5.73 Å². The first-order valence-corrected chi connectivity index (χ1v) is 6.74. The van der Waals surface area contributed by atoms with Gasteiger partial charge >= 0.3 is 5.97 Å². The second kappa shape index (κ2) is 6.75. The maximum atomic E-state index is 11.8. The molecule has 0 aliphatic heterocycles. The van der Waals surface area contributed by atoms with Crippen molar-refractivity contribution in [1.29, 1.82) is 0 Å². The van der Waals surface area contributed by atoms with E-state index in [-0.39, 0.29) is 5.97 Å². The number of carbonyl (C=O) groups is 1. The zero-order valence-electron chi connectivity index (χ0n) is 11.6. The van der Waals surface area contributed by atoms with Crippen LogP contribution in [0.5, 0.6) is 0 Å². The highest BCUT2D eigenvalue weighted by Gasteiger charge is 2.08. The number of benzene rings is 2. The van der Waals surface area contributed by atoms with Crippen LogP contribution in [0.4, 0.5) is 5.69 Å². The van der Waals surface area contributed by atoms with E-state index in [0.29, 0.717) is 17.9 Å². The molecular weight excluding hydrogens is 250 g/mol. The summed E-state index contributed by atoms with van der Waals surface area (Å²) < 4.78 is 5.25. The predicted molar refractivity (Wildman–Crippen MR) is 80.6 cm³/mol. The van der Waals surface area contributed by atoms with Gasteiger partial charge in [0.15, 0.2) is 0 Å². The van der Waals surface area contributed by atoms with Crippen molar-refractivity contribution in [3.05, 3.63) is 65.2 Å². The van der Waals surface area contributed by atoms with E-state index in [2.05, 4.69) is 12.1 Å². The first-order valence-electron chi connectivity index (χ1n) is 6.74. The lowest BCUT2D eigenvalue weighted by Gasteiger charge is -2.06. The summed E-state index contributed by atoms with van der Waals surface area (Å²) in [7, 11) is 0. The number of rotatable bonds is 5. The van der Waals surface area contributed by atoms with E-state index in [4.69, 9.17) is 10.5 Å². The molecule has 0 aliphatic rings. The van der Waals surface area contributed by atoms with E-state index in [1.54, 1.807) is 12.1 Å². The molecule has 0 saturated heterocycles. The van der Waals surface area contributed by atoms with Gasteiger partial charge in [-0.1, -0.05) is 36.4 Å². The second-order valence-electron chi connectivity index (χ2n) is 4.80. The Morgan fingerprint density at radius 1 is 1.15 bits per heavy atom. The van der Waals surface area contributed by atoms with Gasteiger partial charge in [-0.05, 0) is 43.0 Å². The first kappa shape index (κ1) is 14.1. The lowest BCUT2D eigenvalue weighted by atomic mass is 10.1. The van der Waals surface area contributed by atoms with Gasteiger partial charge in [0.2, 0.25) is 0 Å². The summed E-state index contributed by atoms with van der Waals surface area (Å²) in [6, 6.07) is 15.4. The van der Waals surface area contributed by atoms with Crippen molar-refractivity contribution in [3.8, 4) is 0 Å². The van der Waals surface area contributed by atoms with Gasteiger partial charge in [-0.3, -0.25) is 0 Å². The molecule has 0 aliphatic carbocycles. The van der Waals surface area contributed by atoms with Crippen molar-refractivity contribution >= 4 is 11.7 Å². The predicted octanol–water partition coefficient (Wildman–Crippen LogP) is 3.37. The van der Waals surface area contributed by atoms with Gasteiger partial charge in [0.05, 0.1) is 12.2 Å². The van der Waals surface area contributed by atoms with Crippen LogP contribution in [0.2, 0.25) is 0 Å². The highest BCUT2D eigenvalue weighted by atomic mass is 16.5. The summed E-state index contributed by atoms with van der Waals surface area (Å²) >= 11 is 0. The molecule has 20 heavy (non-hydrogen) atoms. The fraction of sp³-hybridized carbons (Fsp3) is 0.235. The molecule has 0 fully saturated rings. The van der Waals surface area contributed by atoms with Crippen LogP contribution in [-0.4, -0.2) is 12.6 Å². The Morgan fingerprint density at radius 3 is 2.60 bits per heavy atom. The number of nitrogens with two attached hydrogens (primary N) is 1. The number of nitrogen functional groups attached to an aromatic ring is 1. The maximum absolute atomic E-state index is 11.8. The Kier molecular flexibility index (Phi) is 4.77. The van der Waals surface area contributed by atoms with Crippen LogP contribution in [-0.2, 0) is 11.2 Å². The summed E-state index contributed by atoms with van der Waals surface area (Å²) in [6.45, 7) is 2.33. The lowest BCUT2D eigenvalue weighted by molar-refractivity contribution is 0.0500. The summed E-state index contributed by atoms with van der Waals surface area (Å²) in [6.07, 6.45) is 1.72. The number of aryl methyl sites for hydroxylation is 2. The highest BCUT2D eigenvalue weighted by Crippen LogP contribution is 2.14. The third-order valence-corrected chi connectivity index (χ3v) is 3.20. The van der Waals surface area contributed by atoms with Crippen LogP contribution in [0.1, 0.15) is 27.9 Å². The number of ether oxygens (including phenoxy) is 1. The summed E-state index contributed by atoms with van der Waals surface area (Å²) in [5.41, 5.74) is 9.12. The molecule has 0 bridgehead atoms. The normalized spacial score (nSPS) is 10.2. The van der Waals surface area contributed by atoms with Gasteiger partial charge in [0.1, 0.15) is 0 Å². The van der Waals surface area contributed by atoms with Gasteiger partial charge < -0.3 is 10.5 Å². The minimum atomic E-state index is -0.315. The number of hydrogen-bond acceptors (Lipinski definition) is 3. The van der Waals surface area contributed by atoms with E-state index < -0.39 is 0 Å². The zero-order chi connectivity index (χ0) is 14.4. The monoisotopic (exact) mass is 269 g/mol. The van der Waals surface area contributed by atoms with Crippen molar-refractivity contribution in [2.24, 2.45) is 0 Å². The molecule has 3 nitrogen and oxygen atoms in total. The molecule has 0 spiro atoms. The van der Waals surface area contributed by atoms with E-state index >= 15 is 0 Å². The molecule has 0 saturated carbocycles. The first-order chi connectivity index (χ1) is 9.66. The molecule has 104 valence electrons. The lowest BCUT2D eigenvalue weighted by Crippen LogP contribution is -2.08. The van der Waals surface area contributed by atoms with Crippen LogP contribution in [0.3, 0.4) is 0 Å². The number of esters is 1. The average Bonchev–Trinajstić information content (AvgIpc) is 2.47. The smallest absolute Gasteiger partial charge is 0.338 e. The third-order valence-electron chi connectivity index (χ3n) is 3.20. The van der Waals surface area contributed by atoms with Crippen LogP contribution in [0.25, 0.3) is 0 Å². The molecule has 0 heterocycles. The van der Waals surface area contributed by atoms with E-state index in [1.165, 1.54) is 5.56 Å². The van der Waals surface area contributed by atoms with E-state index in [0.717, 1.165) is 18.4 Å². The fourth-order valence-electron chi connectivity index (χ4n) is 1.94. The number of carbonyl (C=O) groups excluding carboxylic acids is 1. The van der Waals surface area contributed by atoms with Crippen molar-refractivity contribution < 1.29 is 9.53 Å². The Labute approximate surface area is 119 Å². The SMILES string of the molecule is Cc1ccc(C(=O)OCCCc2ccccc2)cc1N. The fourth-order valence-corrected chi connectivity index (χ4v) is 1.94. The minimum Gasteiger partial charge on any atom is -0.462 e. The summed E-state index contributed by atoms with van der Waals surface area (Å²) in [4.78, 5) is 11.8. The topological polar surface area (TPSA) is 52.3 Å². The molecule has 0 amide bonds. The molecule has 0 atom stereocenters. The molecule has 0 unspecified atom stereocenters. The molecule has 2 aromatic carbocycles. The largest absolute Gasteiger partial charge is 0.462 e. The molecular formula is C17H19NO2. The quantitative estimate of drug-likeness (QED) is 0.514. The third kappa shape index (κ3) is 3.85. The van der Waals surface area contributed by atoms with Gasteiger partial charge in [0, 0.05) is 5.69 Å². The van der Waals surface area contributed by atoms with Crippen molar-refractivity contribution in [2.45, 2.75) is 19.8 Å². The highest BCUT2D eigenvalue weighted by molar-refractivity contribution is 5.90. The van der Waals surface area contributed by atoms with Gasteiger partial charge in [-0.2, -0.15) is 0 Å². The molecule has 3 heteroatoms. The molecule has 2 aromatic rings.